The van der Waals surface area contributed by atoms with Crippen molar-refractivity contribution in [1.82, 2.24) is 9.62 Å². The number of rotatable bonds is 6. The van der Waals surface area contributed by atoms with Gasteiger partial charge in [-0.1, -0.05) is 48.0 Å². The van der Waals surface area contributed by atoms with Gasteiger partial charge in [0.05, 0.1) is 17.5 Å². The molecule has 1 aliphatic heterocycles. The molecule has 0 bridgehead atoms. The van der Waals surface area contributed by atoms with E-state index in [9.17, 15) is 13.2 Å². The Balaban J connectivity index is 1.62. The third-order valence-electron chi connectivity index (χ3n) is 5.41. The number of sulfonamides is 1. The van der Waals surface area contributed by atoms with Gasteiger partial charge in [0.1, 0.15) is 0 Å². The maximum absolute atomic E-state index is 13.4. The fourth-order valence-electron chi connectivity index (χ4n) is 3.82. The number of thiophene rings is 1. The third-order valence-corrected chi connectivity index (χ3v) is 8.21. The molecule has 30 heavy (non-hydrogen) atoms. The predicted octanol–water partition coefficient (Wildman–Crippen LogP) is 4.05. The second kappa shape index (κ2) is 8.71. The Hall–Kier alpha value is -2.48. The van der Waals surface area contributed by atoms with Crippen molar-refractivity contribution in [3.63, 3.8) is 0 Å². The number of hydrogen-bond acceptors (Lipinski definition) is 4. The molecule has 1 atom stereocenters. The van der Waals surface area contributed by atoms with Gasteiger partial charge in [0, 0.05) is 17.8 Å². The molecule has 0 saturated carbocycles. The Labute approximate surface area is 181 Å². The molecule has 3 aromatic rings. The van der Waals surface area contributed by atoms with E-state index in [4.69, 9.17) is 0 Å². The second-order valence-electron chi connectivity index (χ2n) is 7.45. The number of fused-ring (bicyclic) bond motifs is 1. The van der Waals surface area contributed by atoms with Gasteiger partial charge in [-0.3, -0.25) is 4.79 Å². The largest absolute Gasteiger partial charge is 0.351 e. The zero-order valence-electron chi connectivity index (χ0n) is 16.7. The highest BCUT2D eigenvalue weighted by molar-refractivity contribution is 7.89. The summed E-state index contributed by atoms with van der Waals surface area (Å²) in [6.45, 7) is 2.74. The molecule has 2 heterocycles. The van der Waals surface area contributed by atoms with E-state index in [0.717, 1.165) is 21.6 Å². The van der Waals surface area contributed by atoms with Crippen LogP contribution in [0.4, 0.5) is 0 Å². The summed E-state index contributed by atoms with van der Waals surface area (Å²) >= 11 is 1.58. The minimum absolute atomic E-state index is 0.0908. The number of carbonyl (C=O) groups excluding carboxylic acids is 1. The number of benzene rings is 2. The topological polar surface area (TPSA) is 66.5 Å². The van der Waals surface area contributed by atoms with Crippen LogP contribution < -0.4 is 5.32 Å². The van der Waals surface area contributed by atoms with Gasteiger partial charge in [-0.15, -0.1) is 11.3 Å². The number of carbonyl (C=O) groups is 1. The van der Waals surface area contributed by atoms with E-state index < -0.39 is 16.1 Å². The molecule has 156 valence electrons. The first kappa shape index (κ1) is 20.8. The number of amides is 1. The van der Waals surface area contributed by atoms with Gasteiger partial charge in [0.2, 0.25) is 15.9 Å². The first-order valence-corrected chi connectivity index (χ1v) is 12.2. The second-order valence-corrected chi connectivity index (χ2v) is 10.4. The van der Waals surface area contributed by atoms with Gasteiger partial charge < -0.3 is 5.32 Å². The maximum Gasteiger partial charge on any atom is 0.243 e. The van der Waals surface area contributed by atoms with Crippen LogP contribution in [0.15, 0.2) is 70.9 Å². The van der Waals surface area contributed by atoms with Crippen molar-refractivity contribution in [3.8, 4) is 0 Å². The van der Waals surface area contributed by atoms with Gasteiger partial charge in [0.15, 0.2) is 0 Å². The predicted molar refractivity (Wildman–Crippen MR) is 119 cm³/mol. The van der Waals surface area contributed by atoms with E-state index in [1.165, 1.54) is 4.31 Å². The quantitative estimate of drug-likeness (QED) is 0.629. The first-order valence-electron chi connectivity index (χ1n) is 9.90. The Morgan fingerprint density at radius 1 is 1.10 bits per heavy atom. The lowest BCUT2D eigenvalue weighted by Crippen LogP contribution is -2.42. The fraction of sp³-hybridized carbons (Fsp3) is 0.261. The van der Waals surface area contributed by atoms with Crippen LogP contribution >= 0.6 is 11.3 Å². The summed E-state index contributed by atoms with van der Waals surface area (Å²) in [5, 5.41) is 4.90. The zero-order chi connectivity index (χ0) is 21.1. The molecule has 1 N–H and O–H groups in total. The molecule has 1 aromatic heterocycles. The van der Waals surface area contributed by atoms with E-state index in [1.807, 2.05) is 48.7 Å². The van der Waals surface area contributed by atoms with Gasteiger partial charge >= 0.3 is 0 Å². The average molecular weight is 441 g/mol. The van der Waals surface area contributed by atoms with E-state index in [0.29, 0.717) is 19.5 Å². The normalized spacial score (nSPS) is 16.8. The summed E-state index contributed by atoms with van der Waals surface area (Å²) in [4.78, 5) is 14.1. The van der Waals surface area contributed by atoms with Crippen molar-refractivity contribution in [2.24, 2.45) is 0 Å². The van der Waals surface area contributed by atoms with Crippen LogP contribution in [0, 0.1) is 6.92 Å². The smallest absolute Gasteiger partial charge is 0.243 e. The summed E-state index contributed by atoms with van der Waals surface area (Å²) < 4.78 is 28.4. The van der Waals surface area contributed by atoms with E-state index in [1.54, 1.807) is 35.6 Å². The molecule has 0 fully saturated rings. The van der Waals surface area contributed by atoms with Crippen LogP contribution in [-0.4, -0.2) is 25.2 Å². The molecule has 7 heteroatoms. The molecule has 1 aliphatic rings. The molecular formula is C23H24N2O3S2. The minimum atomic E-state index is -3.72. The molecule has 0 spiro atoms. The minimum Gasteiger partial charge on any atom is -0.351 e. The number of nitrogens with one attached hydrogen (secondary N) is 1. The van der Waals surface area contributed by atoms with Crippen molar-refractivity contribution in [2.45, 2.75) is 37.2 Å². The molecule has 0 saturated heterocycles. The molecule has 1 unspecified atom stereocenters. The SMILES string of the molecule is Cc1ccc(S(=O)(=O)N2CCc3ccccc3C2CC(=O)NCc2cccs2)cc1. The van der Waals surface area contributed by atoms with Gasteiger partial charge in [-0.2, -0.15) is 4.31 Å². The van der Waals surface area contributed by atoms with E-state index in [2.05, 4.69) is 5.32 Å². The average Bonchev–Trinajstić information content (AvgIpc) is 3.26. The summed E-state index contributed by atoms with van der Waals surface area (Å²) in [6.07, 6.45) is 0.724. The van der Waals surface area contributed by atoms with Crippen molar-refractivity contribution in [3.05, 3.63) is 87.6 Å². The first-order chi connectivity index (χ1) is 14.4. The molecule has 0 radical (unpaired) electrons. The number of hydrogen-bond donors (Lipinski definition) is 1. The highest BCUT2D eigenvalue weighted by Gasteiger charge is 2.37. The highest BCUT2D eigenvalue weighted by atomic mass is 32.2. The third kappa shape index (κ3) is 4.33. The summed E-state index contributed by atoms with van der Waals surface area (Å²) in [7, 11) is -3.72. The summed E-state index contributed by atoms with van der Waals surface area (Å²) in [6, 6.07) is 18.1. The maximum atomic E-state index is 13.4. The lowest BCUT2D eigenvalue weighted by Gasteiger charge is -2.36. The molecule has 2 aromatic carbocycles. The van der Waals surface area contributed by atoms with Crippen molar-refractivity contribution < 1.29 is 13.2 Å². The van der Waals surface area contributed by atoms with Crippen LogP contribution in [0.2, 0.25) is 0 Å². The molecule has 0 aliphatic carbocycles. The van der Waals surface area contributed by atoms with Crippen LogP contribution in [0.1, 0.15) is 34.0 Å². The summed E-state index contributed by atoms with van der Waals surface area (Å²) in [5.41, 5.74) is 3.01. The molecule has 5 nitrogen and oxygen atoms in total. The monoisotopic (exact) mass is 440 g/mol. The fourth-order valence-corrected chi connectivity index (χ4v) is 6.07. The molecule has 4 rings (SSSR count). The van der Waals surface area contributed by atoms with Crippen LogP contribution in [0.25, 0.3) is 0 Å². The van der Waals surface area contributed by atoms with E-state index >= 15 is 0 Å². The van der Waals surface area contributed by atoms with Crippen LogP contribution in [0.5, 0.6) is 0 Å². The van der Waals surface area contributed by atoms with Crippen LogP contribution in [-0.2, 0) is 27.8 Å². The molecular weight excluding hydrogens is 416 g/mol. The van der Waals surface area contributed by atoms with Crippen molar-refractivity contribution in [1.29, 1.82) is 0 Å². The Kier molecular flexibility index (Phi) is 6.04. The lowest BCUT2D eigenvalue weighted by molar-refractivity contribution is -0.122. The summed E-state index contributed by atoms with van der Waals surface area (Å²) in [5.74, 6) is -0.158. The van der Waals surface area contributed by atoms with Gasteiger partial charge in [-0.05, 0) is 48.1 Å². The number of aryl methyl sites for hydroxylation is 1. The lowest BCUT2D eigenvalue weighted by atomic mass is 9.92. The Bertz CT molecular complexity index is 1120. The Morgan fingerprint density at radius 3 is 2.60 bits per heavy atom. The van der Waals surface area contributed by atoms with E-state index in [-0.39, 0.29) is 17.2 Å². The number of nitrogens with zero attached hydrogens (tertiary/aromatic N) is 1. The Morgan fingerprint density at radius 2 is 1.87 bits per heavy atom. The zero-order valence-corrected chi connectivity index (χ0v) is 18.4. The van der Waals surface area contributed by atoms with Gasteiger partial charge in [0.25, 0.3) is 0 Å². The van der Waals surface area contributed by atoms with Gasteiger partial charge in [-0.25, -0.2) is 8.42 Å². The van der Waals surface area contributed by atoms with Crippen molar-refractivity contribution >= 4 is 27.3 Å². The standard InChI is InChI=1S/C23H24N2O3S2/c1-17-8-10-20(11-9-17)30(27,28)25-13-12-18-5-2-3-7-21(18)22(25)15-23(26)24-16-19-6-4-14-29-19/h2-11,14,22H,12-13,15-16H2,1H3,(H,24,26). The highest BCUT2D eigenvalue weighted by Crippen LogP contribution is 2.36. The van der Waals surface area contributed by atoms with Crippen LogP contribution in [0.3, 0.4) is 0 Å². The molecule has 1 amide bonds. The van der Waals surface area contributed by atoms with Crippen molar-refractivity contribution in [2.75, 3.05) is 6.54 Å².